The van der Waals surface area contributed by atoms with E-state index < -0.39 is 10.0 Å². The molecule has 5 heteroatoms. The Morgan fingerprint density at radius 2 is 1.48 bits per heavy atom. The first-order valence-electron chi connectivity index (χ1n) is 7.40. The molecule has 0 N–H and O–H groups in total. The van der Waals surface area contributed by atoms with E-state index >= 15 is 0 Å². The second kappa shape index (κ2) is 6.24. The third-order valence-corrected chi connectivity index (χ3v) is 5.73. The highest BCUT2D eigenvalue weighted by Gasteiger charge is 2.24. The summed E-state index contributed by atoms with van der Waals surface area (Å²) in [5.41, 5.74) is 4.52. The SMILES string of the molecule is COc1ccc(S(=O)(=O)N(C)c2c(C)cc(C)cc2C)cc1C. The van der Waals surface area contributed by atoms with Crippen molar-refractivity contribution >= 4 is 15.7 Å². The van der Waals surface area contributed by atoms with E-state index in [0.29, 0.717) is 5.75 Å². The third-order valence-electron chi connectivity index (χ3n) is 3.98. The van der Waals surface area contributed by atoms with Crippen LogP contribution in [0.25, 0.3) is 0 Å². The zero-order chi connectivity index (χ0) is 17.4. The molecule has 0 fully saturated rings. The zero-order valence-corrected chi connectivity index (χ0v) is 15.3. The number of hydrogen-bond donors (Lipinski definition) is 0. The molecule has 124 valence electrons. The van der Waals surface area contributed by atoms with Crippen molar-refractivity contribution in [2.45, 2.75) is 32.6 Å². The van der Waals surface area contributed by atoms with E-state index in [2.05, 4.69) is 0 Å². The number of rotatable bonds is 4. The van der Waals surface area contributed by atoms with Gasteiger partial charge < -0.3 is 4.74 Å². The Kier molecular flexibility index (Phi) is 4.71. The van der Waals surface area contributed by atoms with Crippen LogP contribution in [-0.4, -0.2) is 22.6 Å². The molecule has 2 aromatic carbocycles. The van der Waals surface area contributed by atoms with Crippen molar-refractivity contribution in [1.82, 2.24) is 0 Å². The summed E-state index contributed by atoms with van der Waals surface area (Å²) in [7, 11) is -0.452. The van der Waals surface area contributed by atoms with Gasteiger partial charge in [0.25, 0.3) is 10.0 Å². The second-order valence-corrected chi connectivity index (χ2v) is 7.82. The maximum atomic E-state index is 13.0. The molecule has 0 aliphatic heterocycles. The number of aryl methyl sites for hydroxylation is 4. The Morgan fingerprint density at radius 1 is 0.913 bits per heavy atom. The van der Waals surface area contributed by atoms with E-state index in [9.17, 15) is 8.42 Å². The molecule has 4 nitrogen and oxygen atoms in total. The minimum absolute atomic E-state index is 0.262. The summed E-state index contributed by atoms with van der Waals surface area (Å²) in [6, 6.07) is 8.90. The van der Waals surface area contributed by atoms with Gasteiger partial charge in [-0.25, -0.2) is 8.42 Å². The van der Waals surface area contributed by atoms with Crippen molar-refractivity contribution in [2.24, 2.45) is 0 Å². The first-order valence-corrected chi connectivity index (χ1v) is 8.84. The van der Waals surface area contributed by atoms with E-state index in [1.54, 1.807) is 32.4 Å². The molecule has 0 atom stereocenters. The van der Waals surface area contributed by atoms with E-state index in [1.807, 2.05) is 39.8 Å². The molecule has 0 radical (unpaired) electrons. The molecule has 0 aliphatic carbocycles. The Bertz CT molecular complexity index is 818. The average molecular weight is 333 g/mol. The van der Waals surface area contributed by atoms with Crippen molar-refractivity contribution in [3.63, 3.8) is 0 Å². The number of hydrogen-bond acceptors (Lipinski definition) is 3. The Morgan fingerprint density at radius 3 is 1.96 bits per heavy atom. The molecule has 0 amide bonds. The predicted octanol–water partition coefficient (Wildman–Crippen LogP) is 3.75. The fourth-order valence-corrected chi connectivity index (χ4v) is 4.37. The van der Waals surface area contributed by atoms with Crippen molar-refractivity contribution in [2.75, 3.05) is 18.5 Å². The van der Waals surface area contributed by atoms with Gasteiger partial charge in [-0.3, -0.25) is 4.31 Å². The van der Waals surface area contributed by atoms with E-state index in [4.69, 9.17) is 4.74 Å². The topological polar surface area (TPSA) is 46.6 Å². The van der Waals surface area contributed by atoms with Crippen LogP contribution in [0.2, 0.25) is 0 Å². The molecule has 0 unspecified atom stereocenters. The molecule has 2 rings (SSSR count). The normalized spacial score (nSPS) is 11.4. The van der Waals surface area contributed by atoms with Gasteiger partial charge in [-0.15, -0.1) is 0 Å². The van der Waals surface area contributed by atoms with Gasteiger partial charge in [0.2, 0.25) is 0 Å². The van der Waals surface area contributed by atoms with E-state index in [1.165, 1.54) is 4.31 Å². The number of nitrogens with zero attached hydrogens (tertiary/aromatic N) is 1. The van der Waals surface area contributed by atoms with Crippen LogP contribution in [0.15, 0.2) is 35.2 Å². The zero-order valence-electron chi connectivity index (χ0n) is 14.5. The van der Waals surface area contributed by atoms with Crippen LogP contribution >= 0.6 is 0 Å². The highest BCUT2D eigenvalue weighted by Crippen LogP contribution is 2.31. The van der Waals surface area contributed by atoms with Crippen molar-refractivity contribution in [3.8, 4) is 5.75 Å². The molecule has 0 heterocycles. The number of benzene rings is 2. The van der Waals surface area contributed by atoms with Crippen LogP contribution in [0.5, 0.6) is 5.75 Å². The lowest BCUT2D eigenvalue weighted by atomic mass is 10.1. The highest BCUT2D eigenvalue weighted by molar-refractivity contribution is 7.92. The minimum Gasteiger partial charge on any atom is -0.496 e. The summed E-state index contributed by atoms with van der Waals surface area (Å²) in [6.45, 7) is 7.70. The molecule has 23 heavy (non-hydrogen) atoms. The van der Waals surface area contributed by atoms with Gasteiger partial charge >= 0.3 is 0 Å². The van der Waals surface area contributed by atoms with Gasteiger partial charge in [-0.05, 0) is 62.6 Å². The summed E-state index contributed by atoms with van der Waals surface area (Å²) in [4.78, 5) is 0.262. The van der Waals surface area contributed by atoms with Crippen LogP contribution < -0.4 is 9.04 Å². The minimum atomic E-state index is -3.62. The monoisotopic (exact) mass is 333 g/mol. The van der Waals surface area contributed by atoms with Crippen molar-refractivity contribution in [1.29, 1.82) is 0 Å². The number of anilines is 1. The molecular weight excluding hydrogens is 310 g/mol. The quantitative estimate of drug-likeness (QED) is 0.856. The van der Waals surface area contributed by atoms with E-state index in [-0.39, 0.29) is 4.90 Å². The van der Waals surface area contributed by atoms with Gasteiger partial charge in [0.15, 0.2) is 0 Å². The molecule has 0 bridgehead atoms. The van der Waals surface area contributed by atoms with Gasteiger partial charge in [-0.2, -0.15) is 0 Å². The molecule has 0 saturated heterocycles. The van der Waals surface area contributed by atoms with Gasteiger partial charge in [0.1, 0.15) is 5.75 Å². The van der Waals surface area contributed by atoms with Gasteiger partial charge in [0.05, 0.1) is 17.7 Å². The summed E-state index contributed by atoms with van der Waals surface area (Å²) >= 11 is 0. The lowest BCUT2D eigenvalue weighted by molar-refractivity contribution is 0.411. The molecule has 2 aromatic rings. The number of ether oxygens (including phenoxy) is 1. The average Bonchev–Trinajstić information content (AvgIpc) is 2.45. The molecular formula is C18H23NO3S. The van der Waals surface area contributed by atoms with Gasteiger partial charge in [-0.1, -0.05) is 17.7 Å². The van der Waals surface area contributed by atoms with Gasteiger partial charge in [0, 0.05) is 7.05 Å². The maximum absolute atomic E-state index is 13.0. The van der Waals surface area contributed by atoms with Crippen LogP contribution in [0.3, 0.4) is 0 Å². The lowest BCUT2D eigenvalue weighted by Crippen LogP contribution is -2.28. The summed E-state index contributed by atoms with van der Waals surface area (Å²) < 4.78 is 32.5. The standard InChI is InChI=1S/C18H23NO3S/c1-12-9-14(3)18(15(4)10-12)19(5)23(20,21)16-7-8-17(22-6)13(2)11-16/h7-11H,1-6H3. The highest BCUT2D eigenvalue weighted by atomic mass is 32.2. The molecule has 0 spiro atoms. The second-order valence-electron chi connectivity index (χ2n) is 5.85. The van der Waals surface area contributed by atoms with Crippen LogP contribution in [0.4, 0.5) is 5.69 Å². The summed E-state index contributed by atoms with van der Waals surface area (Å²) in [6.07, 6.45) is 0. The van der Waals surface area contributed by atoms with Crippen LogP contribution in [0, 0.1) is 27.7 Å². The number of sulfonamides is 1. The Balaban J connectivity index is 2.54. The van der Waals surface area contributed by atoms with Crippen molar-refractivity contribution < 1.29 is 13.2 Å². The molecule has 0 aliphatic rings. The Labute approximate surface area is 138 Å². The summed E-state index contributed by atoms with van der Waals surface area (Å²) in [5, 5.41) is 0. The van der Waals surface area contributed by atoms with Crippen molar-refractivity contribution in [3.05, 3.63) is 52.6 Å². The van der Waals surface area contributed by atoms with E-state index in [0.717, 1.165) is 27.9 Å². The maximum Gasteiger partial charge on any atom is 0.264 e. The third kappa shape index (κ3) is 3.20. The molecule has 0 saturated carbocycles. The smallest absolute Gasteiger partial charge is 0.264 e. The summed E-state index contributed by atoms with van der Waals surface area (Å²) in [5.74, 6) is 0.675. The Hall–Kier alpha value is -2.01. The molecule has 0 aromatic heterocycles. The fourth-order valence-electron chi connectivity index (χ4n) is 2.96. The van der Waals surface area contributed by atoms with Crippen LogP contribution in [0.1, 0.15) is 22.3 Å². The fraction of sp³-hybridized carbons (Fsp3) is 0.333. The first-order chi connectivity index (χ1) is 10.7. The number of methoxy groups -OCH3 is 1. The van der Waals surface area contributed by atoms with Crippen LogP contribution in [-0.2, 0) is 10.0 Å². The lowest BCUT2D eigenvalue weighted by Gasteiger charge is -2.24. The predicted molar refractivity (Wildman–Crippen MR) is 94.0 cm³/mol. The largest absolute Gasteiger partial charge is 0.496 e. The first kappa shape index (κ1) is 17.3.